The van der Waals surface area contributed by atoms with Crippen LogP contribution in [0.4, 0.5) is 0 Å². The number of hydrogen-bond donors (Lipinski definition) is 3. The number of nitrogens with one attached hydrogen (secondary N) is 2. The molecule has 0 saturated carbocycles. The van der Waals surface area contributed by atoms with Gasteiger partial charge in [0, 0.05) is 36.2 Å². The number of carbonyl (C=O) groups is 1. The average molecular weight is 815 g/mol. The second-order valence-electron chi connectivity index (χ2n) is 14.4. The maximum Gasteiger partial charge on any atom is 0.241 e. The highest BCUT2D eigenvalue weighted by atomic mass is 32.2. The molecule has 0 unspecified atom stereocenters. The number of carbonyl (C=O) groups excluding carboxylic acids is 1. The van der Waals surface area contributed by atoms with Gasteiger partial charge < -0.3 is 19.9 Å². The SMILES string of the molecule is Cc1ccc(S(=O)(=O)N[C@H](Cc2ccccc2)C(=O)NCc2cccc(-c3ccc([C@H]4O[C@@H](CSc5ncccn5)[C@@H](C)[C@@H](c5ccc(CO)cc5)O4)cc3)c2)cc1. The fourth-order valence-electron chi connectivity index (χ4n) is 6.84. The first-order valence-electron chi connectivity index (χ1n) is 19.2. The zero-order valence-electron chi connectivity index (χ0n) is 32.3. The van der Waals surface area contributed by atoms with E-state index in [9.17, 15) is 18.3 Å². The van der Waals surface area contributed by atoms with Crippen LogP contribution in [0.5, 0.6) is 0 Å². The first-order valence-corrected chi connectivity index (χ1v) is 21.6. The minimum atomic E-state index is -3.96. The van der Waals surface area contributed by atoms with Crippen LogP contribution in [0.3, 0.4) is 0 Å². The van der Waals surface area contributed by atoms with Crippen LogP contribution in [0.25, 0.3) is 11.1 Å². The summed E-state index contributed by atoms with van der Waals surface area (Å²) in [6, 6.07) is 40.5. The summed E-state index contributed by atoms with van der Waals surface area (Å²) in [4.78, 5) is 22.5. The Bertz CT molecular complexity index is 2370. The van der Waals surface area contributed by atoms with Crippen molar-refractivity contribution in [2.24, 2.45) is 5.92 Å². The first-order chi connectivity index (χ1) is 28.1. The van der Waals surface area contributed by atoms with Crippen molar-refractivity contribution in [1.29, 1.82) is 0 Å². The number of rotatable bonds is 15. The molecule has 7 rings (SSSR count). The van der Waals surface area contributed by atoms with E-state index in [1.54, 1.807) is 42.4 Å². The van der Waals surface area contributed by atoms with Crippen LogP contribution in [0.2, 0.25) is 0 Å². The molecule has 3 N–H and O–H groups in total. The van der Waals surface area contributed by atoms with Crippen molar-refractivity contribution >= 4 is 27.7 Å². The number of nitrogens with zero attached hydrogens (tertiary/aromatic N) is 2. The molecule has 0 aliphatic carbocycles. The summed E-state index contributed by atoms with van der Waals surface area (Å²) in [6.07, 6.45) is 2.62. The summed E-state index contributed by atoms with van der Waals surface area (Å²) in [5, 5.41) is 13.3. The van der Waals surface area contributed by atoms with E-state index >= 15 is 0 Å². The van der Waals surface area contributed by atoms with Gasteiger partial charge in [0.25, 0.3) is 0 Å². The van der Waals surface area contributed by atoms with Crippen molar-refractivity contribution in [3.63, 3.8) is 0 Å². The van der Waals surface area contributed by atoms with Gasteiger partial charge in [-0.25, -0.2) is 18.4 Å². The van der Waals surface area contributed by atoms with Crippen LogP contribution in [-0.4, -0.2) is 47.3 Å². The molecule has 1 saturated heterocycles. The zero-order valence-corrected chi connectivity index (χ0v) is 33.9. The second-order valence-corrected chi connectivity index (χ2v) is 17.1. The molecule has 0 bridgehead atoms. The van der Waals surface area contributed by atoms with Gasteiger partial charge in [0.1, 0.15) is 6.04 Å². The smallest absolute Gasteiger partial charge is 0.241 e. The Balaban J connectivity index is 1.04. The minimum absolute atomic E-state index is 0.0249. The van der Waals surface area contributed by atoms with Crippen LogP contribution < -0.4 is 10.0 Å². The molecule has 6 aromatic rings. The van der Waals surface area contributed by atoms with Gasteiger partial charge in [0.15, 0.2) is 11.4 Å². The first kappa shape index (κ1) is 41.0. The van der Waals surface area contributed by atoms with Gasteiger partial charge in [-0.05, 0) is 71.0 Å². The highest BCUT2D eigenvalue weighted by Gasteiger charge is 2.38. The van der Waals surface area contributed by atoms with Crippen molar-refractivity contribution in [3.8, 4) is 11.1 Å². The number of aliphatic hydroxyl groups excluding tert-OH is 1. The lowest BCUT2D eigenvalue weighted by Crippen LogP contribution is -2.47. The van der Waals surface area contributed by atoms with Crippen LogP contribution in [0, 0.1) is 12.8 Å². The quantitative estimate of drug-likeness (QED) is 0.0702. The van der Waals surface area contributed by atoms with E-state index in [1.807, 2.05) is 110 Å². The van der Waals surface area contributed by atoms with Crippen molar-refractivity contribution in [1.82, 2.24) is 20.0 Å². The third kappa shape index (κ3) is 10.4. The number of thioether (sulfide) groups is 1. The van der Waals surface area contributed by atoms with Gasteiger partial charge in [-0.2, -0.15) is 4.72 Å². The number of amides is 1. The fourth-order valence-corrected chi connectivity index (χ4v) is 9.00. The Kier molecular flexibility index (Phi) is 13.4. The Labute approximate surface area is 344 Å². The number of ether oxygens (including phenoxy) is 2. The van der Waals surface area contributed by atoms with Gasteiger partial charge in [0.05, 0.1) is 23.7 Å². The molecule has 12 heteroatoms. The number of aryl methyl sites for hydroxylation is 1. The average Bonchev–Trinajstić information content (AvgIpc) is 3.26. The van der Waals surface area contributed by atoms with Gasteiger partial charge in [-0.1, -0.05) is 133 Å². The Hall–Kier alpha value is -5.21. The lowest BCUT2D eigenvalue weighted by molar-refractivity contribution is -0.268. The number of hydrogen-bond acceptors (Lipinski definition) is 9. The third-order valence-corrected chi connectivity index (χ3v) is 12.6. The fraction of sp³-hybridized carbons (Fsp3) is 0.239. The van der Waals surface area contributed by atoms with E-state index in [4.69, 9.17) is 9.47 Å². The molecule has 1 amide bonds. The Morgan fingerprint density at radius 2 is 1.47 bits per heavy atom. The van der Waals surface area contributed by atoms with Crippen molar-refractivity contribution in [3.05, 3.63) is 179 Å². The van der Waals surface area contributed by atoms with Crippen molar-refractivity contribution in [2.45, 2.75) is 68.0 Å². The summed E-state index contributed by atoms with van der Waals surface area (Å²) in [5.41, 5.74) is 7.29. The standard InChI is InChI=1S/C46H46N4O6S2/c1-31-12-22-40(23-13-31)58(53,54)50-41(27-33-8-4-3-5-9-33)44(52)49-28-35-10-6-11-39(26-35)36-18-20-38(21-19-36)45-55-42(30-57-46-47-24-7-25-48-46)32(2)43(56-45)37-16-14-34(29-51)15-17-37/h3-26,32,41-43,45,50-51H,27-30H2,1-2H3,(H,49,52)/t32-,41-,42+,43+,45+/m1/s1. The maximum absolute atomic E-state index is 13.6. The summed E-state index contributed by atoms with van der Waals surface area (Å²) < 4.78 is 42.6. The molecule has 1 aliphatic heterocycles. The van der Waals surface area contributed by atoms with Crippen molar-refractivity contribution in [2.75, 3.05) is 5.75 Å². The van der Waals surface area contributed by atoms with Crippen molar-refractivity contribution < 1.29 is 27.8 Å². The number of benzene rings is 5. The van der Waals surface area contributed by atoms with Crippen LogP contribution in [0.1, 0.15) is 52.7 Å². The van der Waals surface area contributed by atoms with E-state index in [0.29, 0.717) is 10.9 Å². The van der Waals surface area contributed by atoms with Gasteiger partial charge >= 0.3 is 0 Å². The summed E-state index contributed by atoms with van der Waals surface area (Å²) in [6.45, 7) is 4.20. The molecule has 298 valence electrons. The number of sulfonamides is 1. The normalized spacial score (nSPS) is 18.7. The lowest BCUT2D eigenvalue weighted by Gasteiger charge is -2.41. The topological polar surface area (TPSA) is 140 Å². The molecule has 1 aliphatic rings. The predicted molar refractivity (Wildman–Crippen MR) is 225 cm³/mol. The van der Waals surface area contributed by atoms with Gasteiger partial charge in [-0.15, -0.1) is 0 Å². The van der Waals surface area contributed by atoms with Crippen LogP contribution >= 0.6 is 11.8 Å². The van der Waals surface area contributed by atoms with Gasteiger partial charge in [0.2, 0.25) is 15.9 Å². The predicted octanol–water partition coefficient (Wildman–Crippen LogP) is 7.73. The molecule has 5 atom stereocenters. The number of aromatic nitrogens is 2. The molecular formula is C46H46N4O6S2. The van der Waals surface area contributed by atoms with E-state index in [0.717, 1.165) is 44.5 Å². The molecule has 10 nitrogen and oxygen atoms in total. The van der Waals surface area contributed by atoms with Crippen LogP contribution in [0.15, 0.2) is 156 Å². The van der Waals surface area contributed by atoms with E-state index in [1.165, 1.54) is 12.1 Å². The highest BCUT2D eigenvalue weighted by Crippen LogP contribution is 2.43. The Morgan fingerprint density at radius 1 is 0.776 bits per heavy atom. The molecule has 1 fully saturated rings. The van der Waals surface area contributed by atoms with E-state index in [-0.39, 0.29) is 42.6 Å². The minimum Gasteiger partial charge on any atom is -0.392 e. The second kappa shape index (κ2) is 19.0. The molecule has 58 heavy (non-hydrogen) atoms. The summed E-state index contributed by atoms with van der Waals surface area (Å²) in [5.74, 6) is 0.243. The van der Waals surface area contributed by atoms with Gasteiger partial charge in [-0.3, -0.25) is 4.79 Å². The maximum atomic E-state index is 13.6. The highest BCUT2D eigenvalue weighted by molar-refractivity contribution is 7.99. The number of aliphatic hydroxyl groups is 1. The lowest BCUT2D eigenvalue weighted by atomic mass is 9.91. The molecule has 1 aromatic heterocycles. The molecule has 2 heterocycles. The monoisotopic (exact) mass is 814 g/mol. The summed E-state index contributed by atoms with van der Waals surface area (Å²) in [7, 11) is -3.96. The molecule has 0 spiro atoms. The van der Waals surface area contributed by atoms with Crippen LogP contribution in [-0.2, 0) is 43.9 Å². The largest absolute Gasteiger partial charge is 0.392 e. The van der Waals surface area contributed by atoms with E-state index in [2.05, 4.69) is 26.9 Å². The van der Waals surface area contributed by atoms with E-state index < -0.39 is 28.3 Å². The third-order valence-electron chi connectivity index (χ3n) is 10.2. The summed E-state index contributed by atoms with van der Waals surface area (Å²) >= 11 is 1.55. The zero-order chi connectivity index (χ0) is 40.5. The Morgan fingerprint density at radius 3 is 2.17 bits per heavy atom. The molecule has 5 aromatic carbocycles. The molecular weight excluding hydrogens is 769 g/mol. The molecule has 0 radical (unpaired) electrons.